The van der Waals surface area contributed by atoms with Gasteiger partial charge in [-0.2, -0.15) is 0 Å². The van der Waals surface area contributed by atoms with Crippen LogP contribution in [0, 0.1) is 5.92 Å². The second kappa shape index (κ2) is 7.07. The Morgan fingerprint density at radius 1 is 1.35 bits per heavy atom. The third kappa shape index (κ3) is 3.72. The molecule has 1 saturated heterocycles. The predicted octanol–water partition coefficient (Wildman–Crippen LogP) is 1.56. The largest absolute Gasteiger partial charge is 0.382 e. The third-order valence-electron chi connectivity index (χ3n) is 3.91. The topological polar surface area (TPSA) is 58.6 Å². The van der Waals surface area contributed by atoms with Crippen LogP contribution in [-0.4, -0.2) is 48.1 Å². The number of amides is 2. The summed E-state index contributed by atoms with van der Waals surface area (Å²) in [6.07, 6.45) is 1.63. The van der Waals surface area contributed by atoms with Crippen molar-refractivity contribution in [3.63, 3.8) is 0 Å². The molecule has 2 amide bonds. The van der Waals surface area contributed by atoms with Crippen LogP contribution in [0.3, 0.4) is 0 Å². The van der Waals surface area contributed by atoms with Gasteiger partial charge in [-0.1, -0.05) is 20.3 Å². The van der Waals surface area contributed by atoms with E-state index in [1.54, 1.807) is 18.7 Å². The van der Waals surface area contributed by atoms with Crippen LogP contribution in [-0.2, 0) is 14.3 Å². The van der Waals surface area contributed by atoms with Crippen molar-refractivity contribution in [2.24, 2.45) is 5.92 Å². The Hall–Kier alpha value is -1.10. The van der Waals surface area contributed by atoms with E-state index in [-0.39, 0.29) is 23.8 Å². The monoisotopic (exact) mass is 284 g/mol. The van der Waals surface area contributed by atoms with Crippen molar-refractivity contribution in [2.45, 2.75) is 59.0 Å². The number of piperazine rings is 1. The van der Waals surface area contributed by atoms with Gasteiger partial charge in [0.05, 0.1) is 0 Å². The van der Waals surface area contributed by atoms with Crippen LogP contribution >= 0.6 is 0 Å². The Morgan fingerprint density at radius 3 is 2.55 bits per heavy atom. The first-order valence-corrected chi connectivity index (χ1v) is 7.56. The van der Waals surface area contributed by atoms with Gasteiger partial charge in [-0.3, -0.25) is 9.59 Å². The van der Waals surface area contributed by atoms with Crippen LogP contribution in [0.4, 0.5) is 0 Å². The van der Waals surface area contributed by atoms with Gasteiger partial charge in [0.1, 0.15) is 11.6 Å². The molecule has 1 fully saturated rings. The molecule has 1 aliphatic heterocycles. The summed E-state index contributed by atoms with van der Waals surface area (Å²) < 4.78 is 5.32. The van der Waals surface area contributed by atoms with Crippen molar-refractivity contribution in [2.75, 3.05) is 19.8 Å². The van der Waals surface area contributed by atoms with Crippen LogP contribution in [0.2, 0.25) is 0 Å². The second-order valence-corrected chi connectivity index (χ2v) is 5.99. The Labute approximate surface area is 122 Å². The third-order valence-corrected chi connectivity index (χ3v) is 3.91. The number of ether oxygens (including phenoxy) is 1. The fourth-order valence-electron chi connectivity index (χ4n) is 2.57. The molecule has 1 rings (SSSR count). The number of hydrogen-bond acceptors (Lipinski definition) is 3. The number of hydrogen-bond donors (Lipinski definition) is 1. The van der Waals surface area contributed by atoms with E-state index in [1.807, 2.05) is 20.8 Å². The maximum absolute atomic E-state index is 12.6. The van der Waals surface area contributed by atoms with E-state index in [0.29, 0.717) is 19.8 Å². The summed E-state index contributed by atoms with van der Waals surface area (Å²) in [7, 11) is 0. The number of carbonyl (C=O) groups is 2. The minimum atomic E-state index is -0.813. The first-order chi connectivity index (χ1) is 9.35. The maximum Gasteiger partial charge on any atom is 0.248 e. The molecule has 1 N–H and O–H groups in total. The van der Waals surface area contributed by atoms with Gasteiger partial charge in [0.25, 0.3) is 0 Å². The quantitative estimate of drug-likeness (QED) is 0.722. The zero-order valence-corrected chi connectivity index (χ0v) is 13.4. The zero-order valence-electron chi connectivity index (χ0n) is 13.4. The molecule has 0 aromatic rings. The van der Waals surface area contributed by atoms with Gasteiger partial charge >= 0.3 is 0 Å². The summed E-state index contributed by atoms with van der Waals surface area (Å²) >= 11 is 0. The lowest BCUT2D eigenvalue weighted by Crippen LogP contribution is -2.69. The Balaban J connectivity index is 2.83. The highest BCUT2D eigenvalue weighted by Gasteiger charge is 2.46. The Kier molecular flexibility index (Phi) is 5.99. The molecule has 0 aromatic heterocycles. The minimum Gasteiger partial charge on any atom is -0.382 e. The highest BCUT2D eigenvalue weighted by molar-refractivity contribution is 5.99. The van der Waals surface area contributed by atoms with Crippen LogP contribution in [0.25, 0.3) is 0 Å². The number of nitrogens with zero attached hydrogens (tertiary/aromatic N) is 1. The molecule has 0 saturated carbocycles. The molecule has 0 radical (unpaired) electrons. The Morgan fingerprint density at radius 2 is 2.00 bits per heavy atom. The smallest absolute Gasteiger partial charge is 0.248 e. The van der Waals surface area contributed by atoms with Crippen LogP contribution in [0.5, 0.6) is 0 Å². The lowest BCUT2D eigenvalue weighted by atomic mass is 9.89. The van der Waals surface area contributed by atoms with E-state index in [1.165, 1.54) is 0 Å². The van der Waals surface area contributed by atoms with Crippen molar-refractivity contribution in [1.29, 1.82) is 0 Å². The standard InChI is InChI=1S/C15H28N2O3/c1-6-11(3)12-13(18)16-15(4,5)14(19)17(12)9-8-10-20-7-2/h11-12H,6-10H2,1-5H3,(H,16,18). The molecule has 1 heterocycles. The van der Waals surface area contributed by atoms with E-state index in [0.717, 1.165) is 12.8 Å². The van der Waals surface area contributed by atoms with Gasteiger partial charge in [-0.25, -0.2) is 0 Å². The van der Waals surface area contributed by atoms with E-state index in [9.17, 15) is 9.59 Å². The average Bonchev–Trinajstić information content (AvgIpc) is 2.38. The van der Waals surface area contributed by atoms with Gasteiger partial charge in [-0.15, -0.1) is 0 Å². The second-order valence-electron chi connectivity index (χ2n) is 5.99. The summed E-state index contributed by atoms with van der Waals surface area (Å²) in [6.45, 7) is 11.4. The molecule has 0 bridgehead atoms. The van der Waals surface area contributed by atoms with Gasteiger partial charge in [0.15, 0.2) is 0 Å². The summed E-state index contributed by atoms with van der Waals surface area (Å²) in [6, 6.07) is -0.359. The highest BCUT2D eigenvalue weighted by Crippen LogP contribution is 2.24. The Bertz CT molecular complexity index is 355. The lowest BCUT2D eigenvalue weighted by molar-refractivity contribution is -0.155. The van der Waals surface area contributed by atoms with Crippen molar-refractivity contribution >= 4 is 11.8 Å². The molecule has 5 nitrogen and oxygen atoms in total. The van der Waals surface area contributed by atoms with Crippen molar-refractivity contribution < 1.29 is 14.3 Å². The van der Waals surface area contributed by atoms with Gasteiger partial charge < -0.3 is 15.0 Å². The van der Waals surface area contributed by atoms with Crippen LogP contribution in [0.15, 0.2) is 0 Å². The highest BCUT2D eigenvalue weighted by atomic mass is 16.5. The molecule has 0 aliphatic carbocycles. The molecule has 1 aliphatic rings. The molecule has 20 heavy (non-hydrogen) atoms. The lowest BCUT2D eigenvalue weighted by Gasteiger charge is -2.44. The molecule has 2 unspecified atom stereocenters. The fraction of sp³-hybridized carbons (Fsp3) is 0.867. The molecule has 0 aromatic carbocycles. The van der Waals surface area contributed by atoms with Crippen LogP contribution < -0.4 is 5.32 Å². The van der Waals surface area contributed by atoms with Crippen molar-refractivity contribution in [3.05, 3.63) is 0 Å². The molecule has 116 valence electrons. The predicted molar refractivity (Wildman–Crippen MR) is 78.3 cm³/mol. The summed E-state index contributed by atoms with van der Waals surface area (Å²) in [5, 5.41) is 2.84. The average molecular weight is 284 g/mol. The fourth-order valence-corrected chi connectivity index (χ4v) is 2.57. The summed E-state index contributed by atoms with van der Waals surface area (Å²) in [4.78, 5) is 26.6. The maximum atomic E-state index is 12.6. The summed E-state index contributed by atoms with van der Waals surface area (Å²) in [5.74, 6) is 0.112. The van der Waals surface area contributed by atoms with Gasteiger partial charge in [0.2, 0.25) is 11.8 Å². The van der Waals surface area contributed by atoms with E-state index < -0.39 is 5.54 Å². The normalized spacial score (nSPS) is 23.6. The van der Waals surface area contributed by atoms with E-state index in [2.05, 4.69) is 5.32 Å². The molecule has 0 spiro atoms. The zero-order chi connectivity index (χ0) is 15.3. The van der Waals surface area contributed by atoms with Gasteiger partial charge in [-0.05, 0) is 33.1 Å². The van der Waals surface area contributed by atoms with E-state index >= 15 is 0 Å². The van der Waals surface area contributed by atoms with Gasteiger partial charge in [0, 0.05) is 19.8 Å². The van der Waals surface area contributed by atoms with E-state index in [4.69, 9.17) is 4.74 Å². The van der Waals surface area contributed by atoms with Crippen LogP contribution in [0.1, 0.15) is 47.5 Å². The first-order valence-electron chi connectivity index (χ1n) is 7.56. The molecule has 5 heteroatoms. The SMILES string of the molecule is CCOCCCN1C(=O)C(C)(C)NC(=O)C1C(C)CC. The van der Waals surface area contributed by atoms with Crippen molar-refractivity contribution in [3.8, 4) is 0 Å². The number of carbonyl (C=O) groups excluding carboxylic acids is 2. The minimum absolute atomic E-state index is 0.00102. The molecular formula is C15H28N2O3. The number of rotatable bonds is 7. The number of nitrogens with one attached hydrogen (secondary N) is 1. The summed E-state index contributed by atoms with van der Waals surface area (Å²) in [5.41, 5.74) is -0.813. The first kappa shape index (κ1) is 17.0. The molecule has 2 atom stereocenters. The van der Waals surface area contributed by atoms with Crippen molar-refractivity contribution in [1.82, 2.24) is 10.2 Å². The molecular weight excluding hydrogens is 256 g/mol.